The van der Waals surface area contributed by atoms with E-state index < -0.39 is 0 Å². The predicted octanol–water partition coefficient (Wildman–Crippen LogP) is 3.52. The Kier molecular flexibility index (Phi) is 8.96. The maximum absolute atomic E-state index is 12.1. The molecule has 0 aliphatic carbocycles. The quantitative estimate of drug-likeness (QED) is 0.651. The standard InChI is InChI=1S/C22H36N4OS/c1-19-7-12-25(13-8-19)11-2-10-23-22(27)24-21-5-3-20(4-6-21)9-14-26-15-17-28-18-16-26/h3-6,19H,2,7-18H2,1H3,(H2,23,24,27). The van der Waals surface area contributed by atoms with Crippen LogP contribution in [-0.4, -0.2) is 73.1 Å². The first kappa shape index (κ1) is 21.5. The summed E-state index contributed by atoms with van der Waals surface area (Å²) >= 11 is 2.05. The molecule has 0 saturated carbocycles. The van der Waals surface area contributed by atoms with Gasteiger partial charge in [0.05, 0.1) is 0 Å². The number of carbonyl (C=O) groups is 1. The van der Waals surface area contributed by atoms with Crippen LogP contribution in [0.2, 0.25) is 0 Å². The zero-order valence-electron chi connectivity index (χ0n) is 17.3. The third-order valence-electron chi connectivity index (χ3n) is 5.85. The van der Waals surface area contributed by atoms with E-state index in [9.17, 15) is 4.79 Å². The normalized spacial score (nSPS) is 19.5. The highest BCUT2D eigenvalue weighted by Gasteiger charge is 2.15. The van der Waals surface area contributed by atoms with Crippen LogP contribution in [0.15, 0.2) is 24.3 Å². The fourth-order valence-electron chi connectivity index (χ4n) is 3.83. The number of hydrogen-bond acceptors (Lipinski definition) is 4. The number of carbonyl (C=O) groups excluding carboxylic acids is 1. The molecule has 5 nitrogen and oxygen atoms in total. The first-order valence-corrected chi connectivity index (χ1v) is 12.0. The molecule has 2 amide bonds. The highest BCUT2D eigenvalue weighted by atomic mass is 32.2. The summed E-state index contributed by atoms with van der Waals surface area (Å²) in [6.07, 6.45) is 4.70. The van der Waals surface area contributed by atoms with Crippen LogP contribution in [0.4, 0.5) is 10.5 Å². The summed E-state index contributed by atoms with van der Waals surface area (Å²) in [6.45, 7) is 10.1. The lowest BCUT2D eigenvalue weighted by Gasteiger charge is -2.30. The zero-order valence-corrected chi connectivity index (χ0v) is 18.1. The van der Waals surface area contributed by atoms with Crippen molar-refractivity contribution in [1.82, 2.24) is 15.1 Å². The van der Waals surface area contributed by atoms with Gasteiger partial charge in [0.25, 0.3) is 0 Å². The SMILES string of the molecule is CC1CCN(CCCNC(=O)Nc2ccc(CCN3CCSCC3)cc2)CC1. The average molecular weight is 405 g/mol. The molecule has 0 atom stereocenters. The lowest BCUT2D eigenvalue weighted by molar-refractivity contribution is 0.190. The van der Waals surface area contributed by atoms with E-state index in [4.69, 9.17) is 0 Å². The smallest absolute Gasteiger partial charge is 0.319 e. The van der Waals surface area contributed by atoms with E-state index in [-0.39, 0.29) is 6.03 Å². The van der Waals surface area contributed by atoms with E-state index in [2.05, 4.69) is 51.3 Å². The minimum Gasteiger partial charge on any atom is -0.338 e. The Morgan fingerprint density at radius 1 is 1.04 bits per heavy atom. The van der Waals surface area contributed by atoms with Crippen molar-refractivity contribution in [3.8, 4) is 0 Å². The summed E-state index contributed by atoms with van der Waals surface area (Å²) in [5, 5.41) is 5.92. The summed E-state index contributed by atoms with van der Waals surface area (Å²) in [6, 6.07) is 8.18. The van der Waals surface area contributed by atoms with Crippen LogP contribution in [0.25, 0.3) is 0 Å². The number of urea groups is 1. The highest BCUT2D eigenvalue weighted by molar-refractivity contribution is 7.99. The lowest BCUT2D eigenvalue weighted by atomic mass is 9.99. The second kappa shape index (κ2) is 11.7. The Morgan fingerprint density at radius 2 is 1.71 bits per heavy atom. The van der Waals surface area contributed by atoms with E-state index in [1.165, 1.54) is 56.1 Å². The largest absolute Gasteiger partial charge is 0.338 e. The second-order valence-electron chi connectivity index (χ2n) is 8.16. The number of benzene rings is 1. The van der Waals surface area contributed by atoms with Crippen molar-refractivity contribution in [2.24, 2.45) is 5.92 Å². The van der Waals surface area contributed by atoms with Crippen molar-refractivity contribution in [2.45, 2.75) is 32.6 Å². The van der Waals surface area contributed by atoms with Gasteiger partial charge >= 0.3 is 6.03 Å². The van der Waals surface area contributed by atoms with Gasteiger partial charge in [0.1, 0.15) is 0 Å². The number of hydrogen-bond donors (Lipinski definition) is 2. The number of anilines is 1. The number of nitrogens with zero attached hydrogens (tertiary/aromatic N) is 2. The summed E-state index contributed by atoms with van der Waals surface area (Å²) in [5.74, 6) is 3.39. The first-order chi connectivity index (χ1) is 13.7. The average Bonchev–Trinajstić information content (AvgIpc) is 2.73. The molecule has 28 heavy (non-hydrogen) atoms. The number of amides is 2. The Labute approximate surface area is 174 Å². The Morgan fingerprint density at radius 3 is 2.43 bits per heavy atom. The van der Waals surface area contributed by atoms with Crippen molar-refractivity contribution < 1.29 is 4.79 Å². The maximum Gasteiger partial charge on any atom is 0.319 e. The molecule has 1 aromatic rings. The van der Waals surface area contributed by atoms with Crippen LogP contribution in [0.1, 0.15) is 31.7 Å². The van der Waals surface area contributed by atoms with E-state index in [0.717, 1.165) is 44.1 Å². The van der Waals surface area contributed by atoms with Crippen molar-refractivity contribution in [3.63, 3.8) is 0 Å². The van der Waals surface area contributed by atoms with Crippen molar-refractivity contribution >= 4 is 23.5 Å². The van der Waals surface area contributed by atoms with Gasteiger partial charge in [0.15, 0.2) is 0 Å². The lowest BCUT2D eigenvalue weighted by Crippen LogP contribution is -2.36. The Hall–Kier alpha value is -1.24. The Bertz CT molecular complexity index is 581. The third kappa shape index (κ3) is 7.64. The summed E-state index contributed by atoms with van der Waals surface area (Å²) in [4.78, 5) is 17.1. The van der Waals surface area contributed by atoms with Gasteiger partial charge in [0.2, 0.25) is 0 Å². The van der Waals surface area contributed by atoms with Gasteiger partial charge in [-0.3, -0.25) is 0 Å². The molecule has 0 aromatic heterocycles. The predicted molar refractivity (Wildman–Crippen MR) is 120 cm³/mol. The van der Waals surface area contributed by atoms with Gasteiger partial charge in [0, 0.05) is 43.4 Å². The molecular formula is C22H36N4OS. The number of nitrogens with one attached hydrogen (secondary N) is 2. The first-order valence-electron chi connectivity index (χ1n) is 10.9. The van der Waals surface area contributed by atoms with Crippen LogP contribution < -0.4 is 10.6 Å². The molecule has 2 heterocycles. The fraction of sp³-hybridized carbons (Fsp3) is 0.682. The number of piperidine rings is 1. The molecular weight excluding hydrogens is 368 g/mol. The summed E-state index contributed by atoms with van der Waals surface area (Å²) in [7, 11) is 0. The molecule has 0 bridgehead atoms. The monoisotopic (exact) mass is 404 g/mol. The van der Waals surface area contributed by atoms with Crippen molar-refractivity contribution in [2.75, 3.05) is 62.6 Å². The zero-order chi connectivity index (χ0) is 19.6. The van der Waals surface area contributed by atoms with Crippen LogP contribution >= 0.6 is 11.8 Å². The van der Waals surface area contributed by atoms with Crippen LogP contribution in [0, 0.1) is 5.92 Å². The van der Waals surface area contributed by atoms with Crippen molar-refractivity contribution in [3.05, 3.63) is 29.8 Å². The topological polar surface area (TPSA) is 47.6 Å². The molecule has 0 radical (unpaired) electrons. The van der Waals surface area contributed by atoms with E-state index >= 15 is 0 Å². The van der Waals surface area contributed by atoms with Crippen molar-refractivity contribution in [1.29, 1.82) is 0 Å². The van der Waals surface area contributed by atoms with Gasteiger partial charge < -0.3 is 20.4 Å². The van der Waals surface area contributed by atoms with Gasteiger partial charge in [-0.15, -0.1) is 0 Å². The van der Waals surface area contributed by atoms with E-state index in [1.54, 1.807) is 0 Å². The molecule has 3 rings (SSSR count). The second-order valence-corrected chi connectivity index (χ2v) is 9.38. The minimum absolute atomic E-state index is 0.106. The van der Waals surface area contributed by atoms with E-state index in [0.29, 0.717) is 0 Å². The summed E-state index contributed by atoms with van der Waals surface area (Å²) in [5.41, 5.74) is 2.20. The highest BCUT2D eigenvalue weighted by Crippen LogP contribution is 2.16. The van der Waals surface area contributed by atoms with Crippen LogP contribution in [0.5, 0.6) is 0 Å². The molecule has 2 aliphatic rings. The van der Waals surface area contributed by atoms with Crippen LogP contribution in [-0.2, 0) is 6.42 Å². The summed E-state index contributed by atoms with van der Waals surface area (Å²) < 4.78 is 0. The molecule has 1 aromatic carbocycles. The van der Waals surface area contributed by atoms with Crippen LogP contribution in [0.3, 0.4) is 0 Å². The van der Waals surface area contributed by atoms with E-state index in [1.807, 2.05) is 12.1 Å². The molecule has 0 unspecified atom stereocenters. The van der Waals surface area contributed by atoms with Gasteiger partial charge in [-0.05, 0) is 68.9 Å². The number of likely N-dealkylation sites (tertiary alicyclic amines) is 1. The molecule has 2 aliphatic heterocycles. The molecule has 2 N–H and O–H groups in total. The van der Waals surface area contributed by atoms with Gasteiger partial charge in [-0.1, -0.05) is 19.1 Å². The van der Waals surface area contributed by atoms with Gasteiger partial charge in [-0.2, -0.15) is 11.8 Å². The molecule has 6 heteroatoms. The van der Waals surface area contributed by atoms with Gasteiger partial charge in [-0.25, -0.2) is 4.79 Å². The maximum atomic E-state index is 12.1. The number of rotatable bonds is 8. The molecule has 0 spiro atoms. The number of thioether (sulfide) groups is 1. The Balaban J connectivity index is 1.28. The fourth-order valence-corrected chi connectivity index (χ4v) is 4.81. The third-order valence-corrected chi connectivity index (χ3v) is 6.79. The molecule has 2 fully saturated rings. The minimum atomic E-state index is -0.106. The molecule has 156 valence electrons. The molecule has 2 saturated heterocycles.